The lowest BCUT2D eigenvalue weighted by molar-refractivity contribution is -0.122. The maximum atomic E-state index is 12.9. The molecule has 0 radical (unpaired) electrons. The highest BCUT2D eigenvalue weighted by atomic mass is 32.1. The monoisotopic (exact) mass is 391 g/mol. The fraction of sp³-hybridized carbons (Fsp3) is 0.556. The van der Waals surface area contributed by atoms with Gasteiger partial charge in [-0.3, -0.25) is 14.2 Å². The molecule has 8 nitrogen and oxygen atoms in total. The van der Waals surface area contributed by atoms with Crippen LogP contribution in [-0.2, 0) is 17.9 Å². The van der Waals surface area contributed by atoms with Crippen LogP contribution < -0.4 is 16.6 Å². The molecule has 0 aliphatic heterocycles. The summed E-state index contributed by atoms with van der Waals surface area (Å²) in [7, 11) is 0. The van der Waals surface area contributed by atoms with Crippen molar-refractivity contribution in [2.24, 2.45) is 5.92 Å². The predicted octanol–water partition coefficient (Wildman–Crippen LogP) is 1.83. The molecule has 146 valence electrons. The number of nitrogens with zero attached hydrogens (tertiary/aromatic N) is 4. The Morgan fingerprint density at radius 2 is 2.04 bits per heavy atom. The van der Waals surface area contributed by atoms with Crippen molar-refractivity contribution >= 4 is 33.2 Å². The van der Waals surface area contributed by atoms with Crippen LogP contribution in [-0.4, -0.2) is 30.7 Å². The third-order valence-corrected chi connectivity index (χ3v) is 5.52. The van der Waals surface area contributed by atoms with Gasteiger partial charge in [-0.05, 0) is 37.1 Å². The number of carbonyl (C=O) groups excluding carboxylic acids is 1. The normalized spacial score (nSPS) is 12.9. The van der Waals surface area contributed by atoms with E-state index in [4.69, 9.17) is 0 Å². The Morgan fingerprint density at radius 1 is 1.30 bits per heavy atom. The summed E-state index contributed by atoms with van der Waals surface area (Å²) >= 11 is 1.31. The van der Waals surface area contributed by atoms with Gasteiger partial charge in [-0.25, -0.2) is 13.9 Å². The Morgan fingerprint density at radius 3 is 2.70 bits per heavy atom. The molecule has 0 bridgehead atoms. The first kappa shape index (κ1) is 19.3. The molecular formula is C18H25N5O3S. The summed E-state index contributed by atoms with van der Waals surface area (Å²) < 4.78 is 4.64. The summed E-state index contributed by atoms with van der Waals surface area (Å²) in [5.74, 6) is 0.423. The second kappa shape index (κ2) is 7.67. The topological polar surface area (TPSA) is 90.4 Å². The molecule has 3 heterocycles. The minimum atomic E-state index is -0.411. The van der Waals surface area contributed by atoms with Gasteiger partial charge in [0.2, 0.25) is 11.7 Å². The van der Waals surface area contributed by atoms with E-state index in [0.717, 1.165) is 17.5 Å². The fourth-order valence-corrected chi connectivity index (χ4v) is 3.71. The third-order valence-electron chi connectivity index (χ3n) is 4.63. The van der Waals surface area contributed by atoms with Crippen LogP contribution in [0.15, 0.2) is 21.0 Å². The van der Waals surface area contributed by atoms with Gasteiger partial charge in [0.05, 0.1) is 5.52 Å². The molecule has 0 unspecified atom stereocenters. The van der Waals surface area contributed by atoms with Gasteiger partial charge >= 0.3 is 5.69 Å². The van der Waals surface area contributed by atoms with E-state index in [2.05, 4.69) is 24.3 Å². The van der Waals surface area contributed by atoms with Crippen molar-refractivity contribution in [3.8, 4) is 0 Å². The molecular weight excluding hydrogens is 366 g/mol. The molecule has 1 atom stereocenters. The average Bonchev–Trinajstić information content (AvgIpc) is 3.20. The van der Waals surface area contributed by atoms with Gasteiger partial charge in [0, 0.05) is 12.6 Å². The average molecular weight is 391 g/mol. The third kappa shape index (κ3) is 3.69. The van der Waals surface area contributed by atoms with E-state index in [9.17, 15) is 14.4 Å². The van der Waals surface area contributed by atoms with Gasteiger partial charge in [0.25, 0.3) is 5.56 Å². The molecule has 0 fully saturated rings. The van der Waals surface area contributed by atoms with Crippen molar-refractivity contribution in [3.05, 3.63) is 32.3 Å². The number of fused-ring (bicyclic) bond motifs is 3. The summed E-state index contributed by atoms with van der Waals surface area (Å²) in [6.07, 6.45) is 1.60. The molecule has 1 amide bonds. The predicted molar refractivity (Wildman–Crippen MR) is 106 cm³/mol. The van der Waals surface area contributed by atoms with Gasteiger partial charge in [0.1, 0.15) is 11.2 Å². The molecule has 0 aromatic carbocycles. The van der Waals surface area contributed by atoms with E-state index in [0.29, 0.717) is 22.7 Å². The minimum Gasteiger partial charge on any atom is -0.352 e. The lowest BCUT2D eigenvalue weighted by Gasteiger charge is -2.10. The SMILES string of the molecule is CC[C@@H](C)NC(=O)Cn1nc2n(CCC(C)C)c(=O)c3sccc3n2c1=O. The maximum absolute atomic E-state index is 12.9. The number of aryl methyl sites for hydroxylation is 1. The van der Waals surface area contributed by atoms with Crippen LogP contribution >= 0.6 is 11.3 Å². The number of aromatic nitrogens is 4. The van der Waals surface area contributed by atoms with E-state index < -0.39 is 5.69 Å². The summed E-state index contributed by atoms with van der Waals surface area (Å²) in [6, 6.07) is 1.77. The molecule has 3 aromatic rings. The van der Waals surface area contributed by atoms with Crippen molar-refractivity contribution in [1.29, 1.82) is 0 Å². The Labute approximate surface area is 160 Å². The Hall–Kier alpha value is -2.42. The first-order valence-corrected chi connectivity index (χ1v) is 10.1. The van der Waals surface area contributed by atoms with E-state index in [-0.39, 0.29) is 29.8 Å². The van der Waals surface area contributed by atoms with Crippen molar-refractivity contribution in [2.45, 2.75) is 59.7 Å². The van der Waals surface area contributed by atoms with Crippen molar-refractivity contribution in [2.75, 3.05) is 0 Å². The Bertz CT molecular complexity index is 1090. The number of rotatable bonds is 7. The maximum Gasteiger partial charge on any atom is 0.352 e. The molecule has 0 saturated heterocycles. The van der Waals surface area contributed by atoms with Gasteiger partial charge in [-0.1, -0.05) is 20.8 Å². The molecule has 1 N–H and O–H groups in total. The Balaban J connectivity index is 2.12. The molecule has 0 aliphatic carbocycles. The first-order valence-electron chi connectivity index (χ1n) is 9.22. The van der Waals surface area contributed by atoms with E-state index >= 15 is 0 Å². The standard InChI is InChI=1S/C18H25N5O3S/c1-5-12(4)19-14(24)10-22-18(26)23-13-7-9-27-15(13)16(25)21(17(23)20-22)8-6-11(2)3/h7,9,11-12H,5-6,8,10H2,1-4H3,(H,19,24)/t12-/m1/s1. The molecule has 3 rings (SSSR count). The summed E-state index contributed by atoms with van der Waals surface area (Å²) in [6.45, 7) is 8.34. The second-order valence-corrected chi connectivity index (χ2v) is 8.14. The smallest absolute Gasteiger partial charge is 0.352 e. The van der Waals surface area contributed by atoms with Crippen LogP contribution in [0.5, 0.6) is 0 Å². The summed E-state index contributed by atoms with van der Waals surface area (Å²) in [5, 5.41) is 8.95. The van der Waals surface area contributed by atoms with Crippen LogP contribution in [0.3, 0.4) is 0 Å². The van der Waals surface area contributed by atoms with E-state index in [1.807, 2.05) is 13.8 Å². The number of hydrogen-bond donors (Lipinski definition) is 1. The lowest BCUT2D eigenvalue weighted by atomic mass is 10.1. The van der Waals surface area contributed by atoms with E-state index in [1.165, 1.54) is 15.7 Å². The van der Waals surface area contributed by atoms with Gasteiger partial charge in [0.15, 0.2) is 0 Å². The van der Waals surface area contributed by atoms with Crippen LogP contribution in [0.2, 0.25) is 0 Å². The molecule has 0 aliphatic rings. The number of hydrogen-bond acceptors (Lipinski definition) is 5. The molecule has 0 saturated carbocycles. The zero-order valence-electron chi connectivity index (χ0n) is 16.1. The quantitative estimate of drug-likeness (QED) is 0.665. The van der Waals surface area contributed by atoms with Crippen molar-refractivity contribution in [1.82, 2.24) is 24.1 Å². The number of nitrogens with one attached hydrogen (secondary N) is 1. The number of carbonyl (C=O) groups is 1. The van der Waals surface area contributed by atoms with Gasteiger partial charge in [-0.15, -0.1) is 16.4 Å². The van der Waals surface area contributed by atoms with Crippen LogP contribution in [0, 0.1) is 5.92 Å². The van der Waals surface area contributed by atoms with Gasteiger partial charge in [-0.2, -0.15) is 0 Å². The fourth-order valence-electron chi connectivity index (χ4n) is 2.88. The zero-order chi connectivity index (χ0) is 19.7. The zero-order valence-corrected chi connectivity index (χ0v) is 16.9. The van der Waals surface area contributed by atoms with Gasteiger partial charge < -0.3 is 5.32 Å². The van der Waals surface area contributed by atoms with Crippen LogP contribution in [0.4, 0.5) is 0 Å². The number of amides is 1. The largest absolute Gasteiger partial charge is 0.352 e. The molecule has 27 heavy (non-hydrogen) atoms. The molecule has 3 aromatic heterocycles. The highest BCUT2D eigenvalue weighted by molar-refractivity contribution is 7.17. The number of thiophene rings is 1. The van der Waals surface area contributed by atoms with Crippen LogP contribution in [0.1, 0.15) is 40.5 Å². The molecule has 0 spiro atoms. The first-order chi connectivity index (χ1) is 12.8. The summed E-state index contributed by atoms with van der Waals surface area (Å²) in [4.78, 5) is 38.0. The highest BCUT2D eigenvalue weighted by Gasteiger charge is 2.19. The minimum absolute atomic E-state index is 0.0260. The van der Waals surface area contributed by atoms with Crippen molar-refractivity contribution in [3.63, 3.8) is 0 Å². The second-order valence-electron chi connectivity index (χ2n) is 7.23. The Kier molecular flexibility index (Phi) is 5.50. The highest BCUT2D eigenvalue weighted by Crippen LogP contribution is 2.17. The molecule has 9 heteroatoms. The van der Waals surface area contributed by atoms with Crippen molar-refractivity contribution < 1.29 is 4.79 Å². The van der Waals surface area contributed by atoms with Crippen LogP contribution in [0.25, 0.3) is 16.0 Å². The lowest BCUT2D eigenvalue weighted by Crippen LogP contribution is -2.37. The summed E-state index contributed by atoms with van der Waals surface area (Å²) in [5.41, 5.74) is -0.0141. The van der Waals surface area contributed by atoms with E-state index in [1.54, 1.807) is 16.0 Å².